The van der Waals surface area contributed by atoms with Crippen LogP contribution < -0.4 is 0 Å². The van der Waals surface area contributed by atoms with Crippen LogP contribution in [-0.2, 0) is 19.5 Å². The zero-order chi connectivity index (χ0) is 48.6. The van der Waals surface area contributed by atoms with Gasteiger partial charge in [0.2, 0.25) is 0 Å². The number of rotatable bonds is 9. The van der Waals surface area contributed by atoms with Gasteiger partial charge in [-0.05, 0) is 140 Å². The Bertz CT molecular complexity index is 2990. The molecule has 0 bridgehead atoms. The van der Waals surface area contributed by atoms with Gasteiger partial charge in [-0.25, -0.2) is 0 Å². The first-order valence-corrected chi connectivity index (χ1v) is 23.8. The van der Waals surface area contributed by atoms with Crippen molar-refractivity contribution < 1.29 is 19.5 Å². The summed E-state index contributed by atoms with van der Waals surface area (Å²) >= 11 is 0. The molecule has 0 saturated carbocycles. The molecule has 0 aliphatic rings. The minimum Gasteiger partial charge on any atom is -0.255 e. The third-order valence-electron chi connectivity index (χ3n) is 12.0. The Morgan fingerprint density at radius 3 is 0.425 bits per heavy atom. The molecule has 0 aliphatic carbocycles. The van der Waals surface area contributed by atoms with Crippen molar-refractivity contribution in [3.05, 3.63) is 292 Å². The fourth-order valence-electron chi connectivity index (χ4n) is 8.28. The molecule has 6 aromatic carbocycles. The number of benzene rings is 6. The first-order chi connectivity index (χ1) is 35.7. The molecule has 0 atom stereocenters. The van der Waals surface area contributed by atoms with Crippen molar-refractivity contribution >= 4 is 0 Å². The topological polar surface area (TPSA) is 77.3 Å². The Kier molecular flexibility index (Phi) is 16.5. The van der Waals surface area contributed by atoms with Gasteiger partial charge in [-0.2, -0.15) is 0 Å². The van der Waals surface area contributed by atoms with Crippen molar-refractivity contribution in [3.8, 4) is 101 Å². The van der Waals surface area contributed by atoms with Crippen LogP contribution in [0.3, 0.4) is 0 Å². The molecule has 0 saturated heterocycles. The molecule has 12 rings (SSSR count). The van der Waals surface area contributed by atoms with E-state index in [1.165, 1.54) is 33.4 Å². The molecular formula is C66H48N6Ru. The summed E-state index contributed by atoms with van der Waals surface area (Å²) in [5.41, 5.74) is 19.3. The maximum atomic E-state index is 4.51. The van der Waals surface area contributed by atoms with Crippen LogP contribution in [0.5, 0.6) is 0 Å². The summed E-state index contributed by atoms with van der Waals surface area (Å²) in [7, 11) is 0. The fourth-order valence-corrected chi connectivity index (χ4v) is 8.28. The smallest absolute Gasteiger partial charge is 0.0892 e. The molecular weight excluding hydrogens is 978 g/mol. The number of nitrogens with zero attached hydrogens (tertiary/aromatic N) is 6. The minimum absolute atomic E-state index is 0. The van der Waals surface area contributed by atoms with Gasteiger partial charge in [0.1, 0.15) is 0 Å². The van der Waals surface area contributed by atoms with Gasteiger partial charge in [-0.3, -0.25) is 29.9 Å². The summed E-state index contributed by atoms with van der Waals surface area (Å²) < 4.78 is 0. The Balaban J connectivity index is 0.000000134. The molecule has 350 valence electrons. The zero-order valence-corrected chi connectivity index (χ0v) is 41.5. The van der Waals surface area contributed by atoms with E-state index in [2.05, 4.69) is 139 Å². The molecule has 0 radical (unpaired) electrons. The fraction of sp³-hybridized carbons (Fsp3) is 0. The summed E-state index contributed by atoms with van der Waals surface area (Å²) in [5, 5.41) is 0. The van der Waals surface area contributed by atoms with E-state index in [0.717, 1.165) is 67.5 Å². The largest absolute Gasteiger partial charge is 0.255 e. The summed E-state index contributed by atoms with van der Waals surface area (Å²) in [4.78, 5) is 27.0. The average Bonchev–Trinajstić information content (AvgIpc) is 3.49. The van der Waals surface area contributed by atoms with Crippen molar-refractivity contribution in [2.24, 2.45) is 0 Å². The van der Waals surface area contributed by atoms with Gasteiger partial charge in [0.15, 0.2) is 0 Å². The predicted octanol–water partition coefficient (Wildman–Crippen LogP) is 16.4. The van der Waals surface area contributed by atoms with Crippen LogP contribution in [0.4, 0.5) is 0 Å². The van der Waals surface area contributed by atoms with E-state index < -0.39 is 0 Å². The van der Waals surface area contributed by atoms with E-state index >= 15 is 0 Å². The summed E-state index contributed by atoms with van der Waals surface area (Å²) in [5.74, 6) is 0. The van der Waals surface area contributed by atoms with E-state index in [1.54, 1.807) is 0 Å². The van der Waals surface area contributed by atoms with Gasteiger partial charge in [0, 0.05) is 56.7 Å². The van der Waals surface area contributed by atoms with Crippen LogP contribution in [0.2, 0.25) is 0 Å². The van der Waals surface area contributed by atoms with Gasteiger partial charge in [-0.15, -0.1) is 0 Å². The van der Waals surface area contributed by atoms with Gasteiger partial charge >= 0.3 is 0 Å². The van der Waals surface area contributed by atoms with Crippen LogP contribution in [0, 0.1) is 0 Å². The number of hydrogen-bond acceptors (Lipinski definition) is 6. The SMILES string of the molecule is [Ru].c1ccc(-c2ccnc(-c3cc(-c4ccccc4)ccn3)c2)cc1.c1ccc(-c2ccnc(-c3cc(-c4ccccc4)ccn3)c2)cc1.c1ccc(-c2ccnc(-c3cc(-c4ccccc4)ccn3)c2)cc1. The first kappa shape index (κ1) is 48.8. The third-order valence-corrected chi connectivity index (χ3v) is 12.0. The van der Waals surface area contributed by atoms with Crippen LogP contribution in [0.25, 0.3) is 101 Å². The number of pyridine rings is 6. The van der Waals surface area contributed by atoms with Crippen molar-refractivity contribution in [1.82, 2.24) is 29.9 Å². The second-order valence-corrected chi connectivity index (χ2v) is 16.8. The van der Waals surface area contributed by atoms with E-state index in [1.807, 2.05) is 183 Å². The van der Waals surface area contributed by atoms with Crippen LogP contribution in [0.15, 0.2) is 292 Å². The summed E-state index contributed by atoms with van der Waals surface area (Å²) in [6.45, 7) is 0. The Morgan fingerprint density at radius 1 is 0.151 bits per heavy atom. The summed E-state index contributed by atoms with van der Waals surface area (Å²) in [6.07, 6.45) is 11.1. The Labute approximate surface area is 439 Å². The van der Waals surface area contributed by atoms with Crippen molar-refractivity contribution in [2.45, 2.75) is 0 Å². The normalized spacial score (nSPS) is 10.4. The van der Waals surface area contributed by atoms with Crippen molar-refractivity contribution in [3.63, 3.8) is 0 Å². The molecule has 6 nitrogen and oxygen atoms in total. The molecule has 12 aromatic rings. The molecule has 0 unspecified atom stereocenters. The number of hydrogen-bond donors (Lipinski definition) is 0. The van der Waals surface area contributed by atoms with Crippen molar-refractivity contribution in [1.29, 1.82) is 0 Å². The second kappa shape index (κ2) is 24.6. The molecule has 6 aromatic heterocycles. The number of aromatic nitrogens is 6. The average molecular weight is 1030 g/mol. The van der Waals surface area contributed by atoms with Gasteiger partial charge in [-0.1, -0.05) is 182 Å². The maximum Gasteiger partial charge on any atom is 0.0892 e. The van der Waals surface area contributed by atoms with E-state index in [-0.39, 0.29) is 19.5 Å². The van der Waals surface area contributed by atoms with E-state index in [0.29, 0.717) is 0 Å². The van der Waals surface area contributed by atoms with Gasteiger partial charge in [0.25, 0.3) is 0 Å². The molecule has 0 amide bonds. The molecule has 7 heteroatoms. The van der Waals surface area contributed by atoms with E-state index in [4.69, 9.17) is 0 Å². The van der Waals surface area contributed by atoms with Crippen LogP contribution >= 0.6 is 0 Å². The van der Waals surface area contributed by atoms with E-state index in [9.17, 15) is 0 Å². The predicted molar refractivity (Wildman–Crippen MR) is 295 cm³/mol. The van der Waals surface area contributed by atoms with Gasteiger partial charge in [0.05, 0.1) is 34.2 Å². The quantitative estimate of drug-likeness (QED) is 0.134. The maximum absolute atomic E-state index is 4.51. The molecule has 0 N–H and O–H groups in total. The molecule has 6 heterocycles. The second-order valence-electron chi connectivity index (χ2n) is 16.8. The third kappa shape index (κ3) is 12.8. The van der Waals surface area contributed by atoms with Gasteiger partial charge < -0.3 is 0 Å². The van der Waals surface area contributed by atoms with Crippen LogP contribution in [0.1, 0.15) is 0 Å². The summed E-state index contributed by atoms with van der Waals surface area (Å²) in [6, 6.07) is 86.6. The Morgan fingerprint density at radius 2 is 0.288 bits per heavy atom. The molecule has 73 heavy (non-hydrogen) atoms. The monoisotopic (exact) mass is 1030 g/mol. The first-order valence-electron chi connectivity index (χ1n) is 23.8. The minimum atomic E-state index is 0. The van der Waals surface area contributed by atoms with Crippen molar-refractivity contribution in [2.75, 3.05) is 0 Å². The standard InChI is InChI=1S/3C22H16N2.Ru/c3*1-3-7-17(8-4-1)19-11-13-23-21(15-19)22-16-20(12-14-24-22)18-9-5-2-6-10-18;/h3*1-16H;. The zero-order valence-electron chi connectivity index (χ0n) is 39.7. The molecule has 0 aliphatic heterocycles. The molecule has 0 spiro atoms. The van der Waals surface area contributed by atoms with Crippen LogP contribution in [-0.4, -0.2) is 29.9 Å². The Hall–Kier alpha value is -9.16. The molecule has 0 fully saturated rings.